The van der Waals surface area contributed by atoms with Gasteiger partial charge in [0.15, 0.2) is 17.3 Å². The van der Waals surface area contributed by atoms with Crippen LogP contribution in [-0.2, 0) is 11.4 Å². The second kappa shape index (κ2) is 9.88. The molecule has 2 aromatic carbocycles. The molecule has 0 aliphatic carbocycles. The Labute approximate surface area is 203 Å². The highest BCUT2D eigenvalue weighted by Crippen LogP contribution is 2.38. The largest absolute Gasteiger partial charge is 0.493 e. The lowest BCUT2D eigenvalue weighted by atomic mass is 10.1. The van der Waals surface area contributed by atoms with Gasteiger partial charge in [0, 0.05) is 0 Å². The summed E-state index contributed by atoms with van der Waals surface area (Å²) in [5.74, 6) is 0.0964. The Morgan fingerprint density at radius 1 is 1.27 bits per heavy atom. The fourth-order valence-electron chi connectivity index (χ4n) is 3.21. The van der Waals surface area contributed by atoms with Crippen LogP contribution in [0.15, 0.2) is 56.5 Å². The molecule has 2 aliphatic rings. The monoisotopic (exact) mass is 530 g/mol. The number of hydrogen-bond donors (Lipinski definition) is 1. The molecule has 0 saturated heterocycles. The summed E-state index contributed by atoms with van der Waals surface area (Å²) >= 11 is 4.82. The number of aliphatic imine (C=N–C) groups is 1. The summed E-state index contributed by atoms with van der Waals surface area (Å²) in [4.78, 5) is 16.7. The molecule has 170 valence electrons. The summed E-state index contributed by atoms with van der Waals surface area (Å²) in [5.41, 5.74) is 1.57. The van der Waals surface area contributed by atoms with Crippen LogP contribution in [0.1, 0.15) is 30.9 Å². The lowest BCUT2D eigenvalue weighted by molar-refractivity contribution is -0.114. The lowest BCUT2D eigenvalue weighted by Crippen LogP contribution is -2.35. The van der Waals surface area contributed by atoms with Crippen molar-refractivity contribution in [1.29, 1.82) is 5.41 Å². The van der Waals surface area contributed by atoms with E-state index in [0.717, 1.165) is 23.4 Å². The second-order valence-electron chi connectivity index (χ2n) is 7.21. The number of thioether (sulfide) groups is 1. The van der Waals surface area contributed by atoms with Crippen molar-refractivity contribution in [2.24, 2.45) is 10.1 Å². The van der Waals surface area contributed by atoms with Crippen molar-refractivity contribution in [3.63, 3.8) is 0 Å². The number of amides is 1. The third-order valence-corrected chi connectivity index (χ3v) is 6.38. The molecule has 0 saturated carbocycles. The first-order chi connectivity index (χ1) is 15.9. The van der Waals surface area contributed by atoms with E-state index in [4.69, 9.17) is 14.9 Å². The molecule has 0 spiro atoms. The van der Waals surface area contributed by atoms with Crippen LogP contribution in [0.3, 0.4) is 0 Å². The Balaban J connectivity index is 1.59. The average molecular weight is 531 g/mol. The minimum atomic E-state index is -0.488. The smallest absolute Gasteiger partial charge is 0.283 e. The predicted octanol–water partition coefficient (Wildman–Crippen LogP) is 5.60. The van der Waals surface area contributed by atoms with Crippen LogP contribution < -0.4 is 9.47 Å². The number of methoxy groups -OCH3 is 1. The van der Waals surface area contributed by atoms with Crippen molar-refractivity contribution in [2.45, 2.75) is 26.4 Å². The number of benzene rings is 2. The van der Waals surface area contributed by atoms with Gasteiger partial charge >= 0.3 is 0 Å². The van der Waals surface area contributed by atoms with Gasteiger partial charge in [-0.1, -0.05) is 19.1 Å². The van der Waals surface area contributed by atoms with Crippen LogP contribution in [0, 0.1) is 11.2 Å². The van der Waals surface area contributed by atoms with Gasteiger partial charge in [-0.25, -0.2) is 4.39 Å². The van der Waals surface area contributed by atoms with Crippen LogP contribution in [0.4, 0.5) is 4.39 Å². The maximum atomic E-state index is 13.1. The summed E-state index contributed by atoms with van der Waals surface area (Å²) in [6.45, 7) is 2.27. The first kappa shape index (κ1) is 23.2. The number of nitrogens with one attached hydrogen (secondary N) is 1. The fourth-order valence-corrected chi connectivity index (χ4v) is 4.77. The Hall–Kier alpha value is -2.98. The number of hydrazone groups is 1. The number of rotatable bonds is 7. The molecule has 7 nitrogen and oxygen atoms in total. The van der Waals surface area contributed by atoms with Gasteiger partial charge in [0.1, 0.15) is 17.5 Å². The van der Waals surface area contributed by atoms with E-state index in [1.807, 2.05) is 6.92 Å². The summed E-state index contributed by atoms with van der Waals surface area (Å²) in [7, 11) is 1.51. The zero-order chi connectivity index (χ0) is 23.5. The number of halogens is 2. The Bertz CT molecular complexity index is 1210. The van der Waals surface area contributed by atoms with E-state index < -0.39 is 5.91 Å². The highest BCUT2D eigenvalue weighted by atomic mass is 79.9. The van der Waals surface area contributed by atoms with E-state index in [2.05, 4.69) is 26.0 Å². The topological polar surface area (TPSA) is 87.3 Å². The standard InChI is InChI=1S/C23H20BrFN4O3S/c1-3-4-19-28-29-21(26)16(22(30)27-23(29)33-19)9-14-10-17(24)20(18(11-14)31-2)32-12-13-5-7-15(25)8-6-13/h5-11,26H,3-4,12H2,1-2H3/b16-9-,26-21?. The molecular formula is C23H20BrFN4O3S. The first-order valence-corrected chi connectivity index (χ1v) is 11.7. The van der Waals surface area contributed by atoms with E-state index in [0.29, 0.717) is 26.7 Å². The van der Waals surface area contributed by atoms with E-state index in [1.54, 1.807) is 30.3 Å². The quantitative estimate of drug-likeness (QED) is 0.471. The fraction of sp³-hybridized carbons (Fsp3) is 0.217. The first-order valence-electron chi connectivity index (χ1n) is 10.1. The molecule has 33 heavy (non-hydrogen) atoms. The van der Waals surface area contributed by atoms with Gasteiger partial charge in [0.05, 0.1) is 17.2 Å². The Morgan fingerprint density at radius 3 is 2.73 bits per heavy atom. The number of ether oxygens (including phenoxy) is 2. The zero-order valence-electron chi connectivity index (χ0n) is 17.9. The van der Waals surface area contributed by atoms with Crippen molar-refractivity contribution in [1.82, 2.24) is 5.01 Å². The second-order valence-corrected chi connectivity index (χ2v) is 9.11. The van der Waals surface area contributed by atoms with Crippen molar-refractivity contribution in [3.05, 3.63) is 63.4 Å². The van der Waals surface area contributed by atoms with Gasteiger partial charge in [-0.2, -0.15) is 15.1 Å². The van der Waals surface area contributed by atoms with Gasteiger partial charge in [0.25, 0.3) is 5.91 Å². The summed E-state index contributed by atoms with van der Waals surface area (Å²) in [6, 6.07) is 9.52. The van der Waals surface area contributed by atoms with E-state index in [-0.39, 0.29) is 23.8 Å². The number of amidine groups is 2. The molecule has 0 aromatic heterocycles. The summed E-state index contributed by atoms with van der Waals surface area (Å²) < 4.78 is 25.1. The maximum absolute atomic E-state index is 13.1. The molecule has 1 amide bonds. The molecule has 10 heteroatoms. The third kappa shape index (κ3) is 5.01. The van der Waals surface area contributed by atoms with E-state index in [1.165, 1.54) is 36.0 Å². The van der Waals surface area contributed by atoms with E-state index in [9.17, 15) is 9.18 Å². The van der Waals surface area contributed by atoms with Gasteiger partial charge in [-0.15, -0.1) is 0 Å². The maximum Gasteiger partial charge on any atom is 0.283 e. The Kier molecular flexibility index (Phi) is 6.94. The van der Waals surface area contributed by atoms with Crippen molar-refractivity contribution >= 4 is 55.7 Å². The summed E-state index contributed by atoms with van der Waals surface area (Å²) in [5, 5.41) is 15.6. The molecule has 2 heterocycles. The Morgan fingerprint density at radius 2 is 2.03 bits per heavy atom. The van der Waals surface area contributed by atoms with Crippen LogP contribution in [0.25, 0.3) is 6.08 Å². The minimum absolute atomic E-state index is 0.0182. The normalized spacial score (nSPS) is 16.6. The van der Waals surface area contributed by atoms with Crippen LogP contribution >= 0.6 is 27.7 Å². The molecule has 2 aliphatic heterocycles. The molecule has 0 bridgehead atoms. The number of nitrogens with zero attached hydrogens (tertiary/aromatic N) is 3. The molecular weight excluding hydrogens is 511 g/mol. The SMILES string of the molecule is CCCC1=NN2C(=N)/C(=C/c3cc(Br)c(OCc4ccc(F)cc4)c(OC)c3)C(=O)N=C2S1. The zero-order valence-corrected chi connectivity index (χ0v) is 20.3. The number of carbonyl (C=O) groups is 1. The highest BCUT2D eigenvalue weighted by molar-refractivity contribution is 9.10. The van der Waals surface area contributed by atoms with E-state index >= 15 is 0 Å². The lowest BCUT2D eigenvalue weighted by Gasteiger charge is -2.20. The molecule has 2 aromatic rings. The molecule has 0 atom stereocenters. The molecule has 0 unspecified atom stereocenters. The molecule has 0 radical (unpaired) electrons. The number of carbonyl (C=O) groups excluding carboxylic acids is 1. The summed E-state index contributed by atoms with van der Waals surface area (Å²) in [6.07, 6.45) is 3.27. The number of hydrogen-bond acceptors (Lipinski definition) is 6. The predicted molar refractivity (Wildman–Crippen MR) is 131 cm³/mol. The van der Waals surface area contributed by atoms with Crippen LogP contribution in [0.2, 0.25) is 0 Å². The van der Waals surface area contributed by atoms with Crippen LogP contribution in [-0.4, -0.2) is 34.1 Å². The molecule has 4 rings (SSSR count). The number of fused-ring (bicyclic) bond motifs is 1. The van der Waals surface area contributed by atoms with Crippen molar-refractivity contribution < 1.29 is 18.7 Å². The van der Waals surface area contributed by atoms with Crippen molar-refractivity contribution in [3.8, 4) is 11.5 Å². The van der Waals surface area contributed by atoms with Gasteiger partial charge < -0.3 is 9.47 Å². The molecule has 0 fully saturated rings. The highest BCUT2D eigenvalue weighted by Gasteiger charge is 2.35. The third-order valence-electron chi connectivity index (χ3n) is 4.82. The minimum Gasteiger partial charge on any atom is -0.493 e. The molecule has 1 N–H and O–H groups in total. The van der Waals surface area contributed by atoms with Gasteiger partial charge in [-0.3, -0.25) is 10.2 Å². The van der Waals surface area contributed by atoms with Gasteiger partial charge in [0.2, 0.25) is 5.17 Å². The van der Waals surface area contributed by atoms with Gasteiger partial charge in [-0.05, 0) is 82.0 Å². The van der Waals surface area contributed by atoms with Crippen LogP contribution in [0.5, 0.6) is 11.5 Å². The van der Waals surface area contributed by atoms with Crippen molar-refractivity contribution in [2.75, 3.05) is 7.11 Å². The average Bonchev–Trinajstić information content (AvgIpc) is 3.19.